The molecule has 0 heterocycles. The lowest BCUT2D eigenvalue weighted by molar-refractivity contribution is 0.469. The molecule has 108 valence electrons. The summed E-state index contributed by atoms with van der Waals surface area (Å²) in [6, 6.07) is 0. The number of rotatable bonds is 14. The van der Waals surface area contributed by atoms with Gasteiger partial charge in [0.05, 0.1) is 6.26 Å². The highest BCUT2D eigenvalue weighted by Gasteiger charge is 1.93. The molecular formula is C17H34O. The Balaban J connectivity index is 2.90. The van der Waals surface area contributed by atoms with E-state index in [1.165, 1.54) is 89.7 Å². The van der Waals surface area contributed by atoms with Crippen LogP contribution in [0.2, 0.25) is 0 Å². The van der Waals surface area contributed by atoms with Crippen LogP contribution < -0.4 is 0 Å². The third-order valence-electron chi connectivity index (χ3n) is 3.58. The van der Waals surface area contributed by atoms with Crippen molar-refractivity contribution in [3.8, 4) is 0 Å². The van der Waals surface area contributed by atoms with E-state index in [9.17, 15) is 0 Å². The van der Waals surface area contributed by atoms with Crippen LogP contribution in [0.4, 0.5) is 0 Å². The van der Waals surface area contributed by atoms with Crippen LogP contribution in [-0.4, -0.2) is 5.11 Å². The van der Waals surface area contributed by atoms with Gasteiger partial charge in [0.1, 0.15) is 0 Å². The molecule has 0 aliphatic rings. The van der Waals surface area contributed by atoms with E-state index in [2.05, 4.69) is 6.92 Å². The van der Waals surface area contributed by atoms with Crippen molar-refractivity contribution in [2.45, 2.75) is 96.8 Å². The van der Waals surface area contributed by atoms with Crippen LogP contribution in [0.3, 0.4) is 0 Å². The Morgan fingerprint density at radius 1 is 0.611 bits per heavy atom. The van der Waals surface area contributed by atoms with E-state index in [0.717, 1.165) is 6.42 Å². The van der Waals surface area contributed by atoms with Gasteiger partial charge in [-0.05, 0) is 12.8 Å². The predicted octanol–water partition coefficient (Wildman–Crippen LogP) is 6.54. The van der Waals surface area contributed by atoms with E-state index in [1.807, 2.05) is 6.08 Å². The second kappa shape index (κ2) is 16.5. The van der Waals surface area contributed by atoms with Gasteiger partial charge in [0.25, 0.3) is 0 Å². The maximum absolute atomic E-state index is 8.48. The topological polar surface area (TPSA) is 20.2 Å². The minimum absolute atomic E-state index is 1.04. The zero-order valence-corrected chi connectivity index (χ0v) is 12.5. The van der Waals surface area contributed by atoms with Gasteiger partial charge in [-0.2, -0.15) is 0 Å². The molecule has 0 aliphatic carbocycles. The lowest BCUT2D eigenvalue weighted by Crippen LogP contribution is -1.82. The molecule has 0 saturated carbocycles. The molecule has 0 rings (SSSR count). The molecule has 18 heavy (non-hydrogen) atoms. The molecule has 0 spiro atoms. The second-order valence-electron chi connectivity index (χ2n) is 5.42. The molecular weight excluding hydrogens is 220 g/mol. The highest BCUT2D eigenvalue weighted by molar-refractivity contribution is 4.70. The van der Waals surface area contributed by atoms with Gasteiger partial charge >= 0.3 is 0 Å². The summed E-state index contributed by atoms with van der Waals surface area (Å²) in [6.07, 6.45) is 22.2. The SMILES string of the molecule is CCCCCCCCCCCCCCCC=CO. The molecule has 0 saturated heterocycles. The van der Waals surface area contributed by atoms with Crippen LogP contribution in [0.1, 0.15) is 96.8 Å². The van der Waals surface area contributed by atoms with Crippen LogP contribution in [0.25, 0.3) is 0 Å². The molecule has 0 atom stereocenters. The summed E-state index contributed by atoms with van der Waals surface area (Å²) in [4.78, 5) is 0. The zero-order chi connectivity index (χ0) is 13.3. The Bertz CT molecular complexity index is 163. The fourth-order valence-electron chi connectivity index (χ4n) is 2.35. The number of aliphatic hydroxyl groups excluding tert-OH is 1. The van der Waals surface area contributed by atoms with Gasteiger partial charge in [-0.25, -0.2) is 0 Å². The molecule has 1 nitrogen and oxygen atoms in total. The van der Waals surface area contributed by atoms with Gasteiger partial charge in [0.2, 0.25) is 0 Å². The second-order valence-corrected chi connectivity index (χ2v) is 5.42. The highest BCUT2D eigenvalue weighted by atomic mass is 16.2. The van der Waals surface area contributed by atoms with Crippen LogP contribution in [0, 0.1) is 0 Å². The zero-order valence-electron chi connectivity index (χ0n) is 12.5. The smallest absolute Gasteiger partial charge is 0.0751 e. The van der Waals surface area contributed by atoms with Crippen molar-refractivity contribution in [2.75, 3.05) is 0 Å². The van der Waals surface area contributed by atoms with E-state index in [-0.39, 0.29) is 0 Å². The van der Waals surface area contributed by atoms with Gasteiger partial charge in [-0.15, -0.1) is 0 Å². The van der Waals surface area contributed by atoms with Crippen molar-refractivity contribution < 1.29 is 5.11 Å². The van der Waals surface area contributed by atoms with Crippen LogP contribution >= 0.6 is 0 Å². The van der Waals surface area contributed by atoms with Crippen molar-refractivity contribution in [3.05, 3.63) is 12.3 Å². The maximum atomic E-state index is 8.48. The van der Waals surface area contributed by atoms with E-state index < -0.39 is 0 Å². The fraction of sp³-hybridized carbons (Fsp3) is 0.882. The average Bonchev–Trinajstić information content (AvgIpc) is 2.39. The summed E-state index contributed by atoms with van der Waals surface area (Å²) >= 11 is 0. The Hall–Kier alpha value is -0.460. The maximum Gasteiger partial charge on any atom is 0.0751 e. The third-order valence-corrected chi connectivity index (χ3v) is 3.58. The van der Waals surface area contributed by atoms with Crippen molar-refractivity contribution in [1.82, 2.24) is 0 Å². The quantitative estimate of drug-likeness (QED) is 0.275. The lowest BCUT2D eigenvalue weighted by atomic mass is 10.0. The van der Waals surface area contributed by atoms with Gasteiger partial charge in [-0.1, -0.05) is 90.0 Å². The summed E-state index contributed by atoms with van der Waals surface area (Å²) in [5.74, 6) is 0. The summed E-state index contributed by atoms with van der Waals surface area (Å²) in [7, 11) is 0. The number of allylic oxidation sites excluding steroid dienone is 1. The van der Waals surface area contributed by atoms with Crippen LogP contribution in [0.15, 0.2) is 12.3 Å². The van der Waals surface area contributed by atoms with Gasteiger partial charge in [-0.3, -0.25) is 0 Å². The molecule has 0 unspecified atom stereocenters. The minimum Gasteiger partial charge on any atom is -0.516 e. The average molecular weight is 254 g/mol. The normalized spacial score (nSPS) is 11.4. The number of hydrogen-bond acceptors (Lipinski definition) is 1. The van der Waals surface area contributed by atoms with Crippen molar-refractivity contribution in [2.24, 2.45) is 0 Å². The minimum atomic E-state index is 1.04. The molecule has 0 aliphatic heterocycles. The summed E-state index contributed by atoms with van der Waals surface area (Å²) < 4.78 is 0. The number of unbranched alkanes of at least 4 members (excludes halogenated alkanes) is 13. The molecule has 0 bridgehead atoms. The third kappa shape index (κ3) is 15.5. The Morgan fingerprint density at radius 3 is 1.39 bits per heavy atom. The largest absolute Gasteiger partial charge is 0.516 e. The predicted molar refractivity (Wildman–Crippen MR) is 82.1 cm³/mol. The van der Waals surface area contributed by atoms with E-state index in [4.69, 9.17) is 5.11 Å². The van der Waals surface area contributed by atoms with Gasteiger partial charge in [0, 0.05) is 0 Å². The van der Waals surface area contributed by atoms with Crippen molar-refractivity contribution in [3.63, 3.8) is 0 Å². The molecule has 0 radical (unpaired) electrons. The number of hydrogen-bond donors (Lipinski definition) is 1. The summed E-state index contributed by atoms with van der Waals surface area (Å²) in [6.45, 7) is 2.28. The first-order chi connectivity index (χ1) is 8.91. The first-order valence-electron chi connectivity index (χ1n) is 8.21. The first kappa shape index (κ1) is 17.5. The van der Waals surface area contributed by atoms with E-state index in [1.54, 1.807) is 0 Å². The number of aliphatic hydroxyl groups is 1. The monoisotopic (exact) mass is 254 g/mol. The Labute approximate surface area is 115 Å². The molecule has 0 aromatic rings. The highest BCUT2D eigenvalue weighted by Crippen LogP contribution is 2.12. The molecule has 0 amide bonds. The Morgan fingerprint density at radius 2 is 1.00 bits per heavy atom. The van der Waals surface area contributed by atoms with Crippen LogP contribution in [0.5, 0.6) is 0 Å². The van der Waals surface area contributed by atoms with Crippen LogP contribution in [-0.2, 0) is 0 Å². The Kier molecular flexibility index (Phi) is 16.1. The van der Waals surface area contributed by atoms with E-state index in [0.29, 0.717) is 0 Å². The molecule has 0 fully saturated rings. The lowest BCUT2D eigenvalue weighted by Gasteiger charge is -2.02. The standard InChI is InChI=1S/C17H34O/c1-2-3-4-5-6-7-8-9-10-11-12-13-14-15-16-17-18/h16-18H,2-15H2,1H3. The van der Waals surface area contributed by atoms with Gasteiger partial charge in [0.15, 0.2) is 0 Å². The first-order valence-corrected chi connectivity index (χ1v) is 8.21. The van der Waals surface area contributed by atoms with Gasteiger partial charge < -0.3 is 5.11 Å². The summed E-state index contributed by atoms with van der Waals surface area (Å²) in [5, 5.41) is 8.48. The van der Waals surface area contributed by atoms with E-state index >= 15 is 0 Å². The molecule has 1 heteroatoms. The summed E-state index contributed by atoms with van der Waals surface area (Å²) in [5.41, 5.74) is 0. The van der Waals surface area contributed by atoms with Crippen molar-refractivity contribution >= 4 is 0 Å². The molecule has 0 aromatic carbocycles. The molecule has 0 aromatic heterocycles. The molecule has 1 N–H and O–H groups in total. The fourth-order valence-corrected chi connectivity index (χ4v) is 2.35. The van der Waals surface area contributed by atoms with Crippen molar-refractivity contribution in [1.29, 1.82) is 0 Å².